The van der Waals surface area contributed by atoms with Crippen molar-refractivity contribution in [3.05, 3.63) is 16.5 Å². The number of rotatable bonds is 11. The molecule has 1 heterocycles. The molecule has 0 spiro atoms. The molecule has 0 saturated carbocycles. The highest BCUT2D eigenvalue weighted by Crippen LogP contribution is 2.18. The van der Waals surface area contributed by atoms with Gasteiger partial charge in [-0.15, -0.1) is 0 Å². The van der Waals surface area contributed by atoms with E-state index in [1.807, 2.05) is 13.8 Å². The molecule has 0 aliphatic heterocycles. The Bertz CT molecular complexity index is 405. The SMILES string of the molecule is COCCOCCOCCOc1cc(Br)nc(C(C)C)n1. The summed E-state index contributed by atoms with van der Waals surface area (Å²) in [6, 6.07) is 1.75. The number of ether oxygens (including phenoxy) is 4. The highest BCUT2D eigenvalue weighted by Gasteiger charge is 2.07. The van der Waals surface area contributed by atoms with E-state index < -0.39 is 0 Å². The van der Waals surface area contributed by atoms with Crippen molar-refractivity contribution < 1.29 is 18.9 Å². The summed E-state index contributed by atoms with van der Waals surface area (Å²) in [7, 11) is 1.65. The van der Waals surface area contributed by atoms with Crippen molar-refractivity contribution in [3.63, 3.8) is 0 Å². The van der Waals surface area contributed by atoms with E-state index in [1.165, 1.54) is 0 Å². The fraction of sp³-hybridized carbons (Fsp3) is 0.714. The van der Waals surface area contributed by atoms with Crippen molar-refractivity contribution in [2.24, 2.45) is 0 Å². The Morgan fingerprint density at radius 1 is 1.00 bits per heavy atom. The first-order chi connectivity index (χ1) is 10.1. The molecule has 0 amide bonds. The van der Waals surface area contributed by atoms with Gasteiger partial charge in [-0.3, -0.25) is 0 Å². The van der Waals surface area contributed by atoms with Gasteiger partial charge in [-0.25, -0.2) is 4.98 Å². The molecule has 1 aromatic rings. The van der Waals surface area contributed by atoms with Crippen molar-refractivity contribution in [1.29, 1.82) is 0 Å². The van der Waals surface area contributed by atoms with E-state index in [0.29, 0.717) is 45.5 Å². The predicted octanol–water partition coefficient (Wildman–Crippen LogP) is 2.42. The third-order valence-electron chi connectivity index (χ3n) is 2.49. The normalized spacial score (nSPS) is 11.1. The maximum atomic E-state index is 5.56. The number of halogens is 1. The van der Waals surface area contributed by atoms with Crippen LogP contribution in [-0.2, 0) is 14.2 Å². The lowest BCUT2D eigenvalue weighted by Gasteiger charge is -2.09. The van der Waals surface area contributed by atoms with Gasteiger partial charge < -0.3 is 18.9 Å². The predicted molar refractivity (Wildman–Crippen MR) is 82.8 cm³/mol. The van der Waals surface area contributed by atoms with Crippen LogP contribution in [0.4, 0.5) is 0 Å². The topological polar surface area (TPSA) is 62.7 Å². The fourth-order valence-corrected chi connectivity index (χ4v) is 1.79. The second-order valence-corrected chi connectivity index (χ2v) is 5.42. The molecule has 1 rings (SSSR count). The minimum absolute atomic E-state index is 0.255. The molecule has 0 unspecified atom stereocenters. The molecule has 21 heavy (non-hydrogen) atoms. The lowest BCUT2D eigenvalue weighted by molar-refractivity contribution is 0.0176. The van der Waals surface area contributed by atoms with Gasteiger partial charge in [0.25, 0.3) is 0 Å². The molecule has 6 nitrogen and oxygen atoms in total. The number of nitrogens with zero attached hydrogens (tertiary/aromatic N) is 2. The Kier molecular flexibility index (Phi) is 9.49. The molecular formula is C14H23BrN2O4. The van der Waals surface area contributed by atoms with E-state index in [-0.39, 0.29) is 5.92 Å². The van der Waals surface area contributed by atoms with Crippen molar-refractivity contribution >= 4 is 15.9 Å². The summed E-state index contributed by atoms with van der Waals surface area (Å²) in [4.78, 5) is 8.64. The van der Waals surface area contributed by atoms with Crippen LogP contribution in [0.25, 0.3) is 0 Å². The summed E-state index contributed by atoms with van der Waals surface area (Å²) in [6.45, 7) is 7.30. The maximum Gasteiger partial charge on any atom is 0.217 e. The van der Waals surface area contributed by atoms with Crippen LogP contribution in [-0.4, -0.2) is 56.7 Å². The zero-order valence-electron chi connectivity index (χ0n) is 12.8. The van der Waals surface area contributed by atoms with E-state index in [1.54, 1.807) is 13.2 Å². The average molecular weight is 363 g/mol. The Hall–Kier alpha value is -0.760. The molecule has 0 saturated heterocycles. The van der Waals surface area contributed by atoms with Crippen LogP contribution in [0.2, 0.25) is 0 Å². The van der Waals surface area contributed by atoms with E-state index in [4.69, 9.17) is 18.9 Å². The lowest BCUT2D eigenvalue weighted by Crippen LogP contribution is -2.13. The standard InChI is InChI=1S/C14H23BrN2O4/c1-11(2)14-16-12(15)10-13(17-14)21-9-8-20-7-6-19-5-4-18-3/h10-11H,4-9H2,1-3H3. The second kappa shape index (κ2) is 10.9. The van der Waals surface area contributed by atoms with E-state index in [9.17, 15) is 0 Å². The summed E-state index contributed by atoms with van der Waals surface area (Å²) < 4.78 is 21.8. The summed E-state index contributed by atoms with van der Waals surface area (Å²) in [6.07, 6.45) is 0. The quantitative estimate of drug-likeness (QED) is 0.445. The maximum absolute atomic E-state index is 5.56. The van der Waals surface area contributed by atoms with Crippen molar-refractivity contribution in [3.8, 4) is 5.88 Å². The molecule has 1 aromatic heterocycles. The molecule has 0 aromatic carbocycles. The molecule has 0 atom stereocenters. The van der Waals surface area contributed by atoms with Gasteiger partial charge in [0.05, 0.1) is 33.0 Å². The number of methoxy groups -OCH3 is 1. The third-order valence-corrected chi connectivity index (χ3v) is 2.89. The Labute approximate surface area is 134 Å². The highest BCUT2D eigenvalue weighted by atomic mass is 79.9. The van der Waals surface area contributed by atoms with Gasteiger partial charge in [-0.2, -0.15) is 4.98 Å². The molecule has 0 aliphatic rings. The number of hydrogen-bond donors (Lipinski definition) is 0. The van der Waals surface area contributed by atoms with Crippen LogP contribution in [0.1, 0.15) is 25.6 Å². The average Bonchev–Trinajstić information content (AvgIpc) is 2.45. The Morgan fingerprint density at radius 2 is 1.62 bits per heavy atom. The highest BCUT2D eigenvalue weighted by molar-refractivity contribution is 9.10. The summed E-state index contributed by atoms with van der Waals surface area (Å²) in [5, 5.41) is 0. The Balaban J connectivity index is 2.15. The van der Waals surface area contributed by atoms with E-state index >= 15 is 0 Å². The summed E-state index contributed by atoms with van der Waals surface area (Å²) >= 11 is 3.36. The lowest BCUT2D eigenvalue weighted by atomic mass is 10.2. The molecule has 0 radical (unpaired) electrons. The van der Waals surface area contributed by atoms with Gasteiger partial charge in [0, 0.05) is 19.1 Å². The zero-order chi connectivity index (χ0) is 15.5. The van der Waals surface area contributed by atoms with Gasteiger partial charge in [0.15, 0.2) is 0 Å². The van der Waals surface area contributed by atoms with Gasteiger partial charge >= 0.3 is 0 Å². The third kappa shape index (κ3) is 8.31. The minimum Gasteiger partial charge on any atom is -0.475 e. The van der Waals surface area contributed by atoms with Crippen molar-refractivity contribution in [1.82, 2.24) is 9.97 Å². The Morgan fingerprint density at radius 3 is 2.24 bits per heavy atom. The van der Waals surface area contributed by atoms with Crippen LogP contribution in [0.15, 0.2) is 10.7 Å². The largest absolute Gasteiger partial charge is 0.475 e. The number of hydrogen-bond acceptors (Lipinski definition) is 6. The van der Waals surface area contributed by atoms with Crippen LogP contribution < -0.4 is 4.74 Å². The van der Waals surface area contributed by atoms with Crippen LogP contribution in [0.3, 0.4) is 0 Å². The zero-order valence-corrected chi connectivity index (χ0v) is 14.4. The molecular weight excluding hydrogens is 340 g/mol. The van der Waals surface area contributed by atoms with Crippen LogP contribution in [0.5, 0.6) is 5.88 Å². The minimum atomic E-state index is 0.255. The molecule has 0 fully saturated rings. The molecule has 120 valence electrons. The monoisotopic (exact) mass is 362 g/mol. The second-order valence-electron chi connectivity index (χ2n) is 4.61. The summed E-state index contributed by atoms with van der Waals surface area (Å²) in [5.41, 5.74) is 0. The number of aromatic nitrogens is 2. The van der Waals surface area contributed by atoms with E-state index in [2.05, 4.69) is 25.9 Å². The first-order valence-corrected chi connectivity index (χ1v) is 7.74. The first-order valence-electron chi connectivity index (χ1n) is 6.95. The molecule has 0 N–H and O–H groups in total. The molecule has 0 bridgehead atoms. The van der Waals surface area contributed by atoms with Crippen molar-refractivity contribution in [2.75, 3.05) is 46.8 Å². The van der Waals surface area contributed by atoms with Gasteiger partial charge in [0.2, 0.25) is 5.88 Å². The first kappa shape index (κ1) is 18.3. The van der Waals surface area contributed by atoms with Crippen molar-refractivity contribution in [2.45, 2.75) is 19.8 Å². The van der Waals surface area contributed by atoms with Gasteiger partial charge in [-0.1, -0.05) is 13.8 Å². The fourth-order valence-electron chi connectivity index (χ4n) is 1.42. The molecule has 0 aliphatic carbocycles. The summed E-state index contributed by atoms with van der Waals surface area (Å²) in [5.74, 6) is 1.57. The van der Waals surface area contributed by atoms with E-state index in [0.717, 1.165) is 10.4 Å². The van der Waals surface area contributed by atoms with Gasteiger partial charge in [0.1, 0.15) is 17.0 Å². The smallest absolute Gasteiger partial charge is 0.217 e. The molecule has 7 heteroatoms. The van der Waals surface area contributed by atoms with Crippen LogP contribution >= 0.6 is 15.9 Å². The van der Waals surface area contributed by atoms with Crippen LogP contribution in [0, 0.1) is 0 Å². The van der Waals surface area contributed by atoms with Gasteiger partial charge in [-0.05, 0) is 15.9 Å².